The number of sulfone groups is 1. The number of primary amides is 1. The fourth-order valence-corrected chi connectivity index (χ4v) is 6.30. The summed E-state index contributed by atoms with van der Waals surface area (Å²) in [7, 11) is -3.78. The van der Waals surface area contributed by atoms with Gasteiger partial charge in [-0.25, -0.2) is 8.42 Å². The van der Waals surface area contributed by atoms with Crippen molar-refractivity contribution in [3.05, 3.63) is 69.4 Å². The SMILES string of the molecule is CCc1cc(C(N)=O)cc2c1c([N+](=O)[O-])c(C(=O)NC1CCC(N)CC1)n2CCS(=O)(=O)c1ccccc1. The first kappa shape index (κ1) is 27.3. The monoisotopic (exact) mass is 541 g/mol. The zero-order valence-electron chi connectivity index (χ0n) is 21.1. The number of nitrogens with one attached hydrogen (secondary N) is 1. The fraction of sp³-hybridized carbons (Fsp3) is 0.385. The highest BCUT2D eigenvalue weighted by Crippen LogP contribution is 2.37. The van der Waals surface area contributed by atoms with Gasteiger partial charge in [0.15, 0.2) is 15.5 Å². The first-order chi connectivity index (χ1) is 18.0. The Kier molecular flexibility index (Phi) is 7.83. The van der Waals surface area contributed by atoms with E-state index in [9.17, 15) is 28.1 Å². The summed E-state index contributed by atoms with van der Waals surface area (Å²) in [4.78, 5) is 37.5. The number of hydrogen-bond donors (Lipinski definition) is 3. The Bertz CT molecular complexity index is 1490. The standard InChI is InChI=1S/C26H31N5O6S/c1-2-16-14-17(25(28)32)15-21-22(16)23(31(34)35)24(26(33)29-19-10-8-18(27)9-11-19)30(21)12-13-38(36,37)20-6-4-3-5-7-20/h3-7,14-15,18-19H,2,8-13,27H2,1H3,(H2,28,32)(H,29,33). The Balaban J connectivity index is 1.88. The van der Waals surface area contributed by atoms with E-state index in [1.165, 1.54) is 28.8 Å². The van der Waals surface area contributed by atoms with Crippen molar-refractivity contribution in [1.82, 2.24) is 9.88 Å². The lowest BCUT2D eigenvalue weighted by Gasteiger charge is -2.26. The van der Waals surface area contributed by atoms with Crippen molar-refractivity contribution in [3.8, 4) is 0 Å². The normalized spacial score (nSPS) is 17.8. The fourth-order valence-electron chi connectivity index (χ4n) is 5.07. The largest absolute Gasteiger partial charge is 0.366 e. The number of fused-ring (bicyclic) bond motifs is 1. The van der Waals surface area contributed by atoms with E-state index >= 15 is 0 Å². The van der Waals surface area contributed by atoms with Crippen LogP contribution in [0.4, 0.5) is 5.69 Å². The summed E-state index contributed by atoms with van der Waals surface area (Å²) in [6, 6.07) is 10.5. The van der Waals surface area contributed by atoms with Crippen LogP contribution in [0, 0.1) is 10.1 Å². The highest BCUT2D eigenvalue weighted by Gasteiger charge is 2.35. The van der Waals surface area contributed by atoms with Gasteiger partial charge in [-0.05, 0) is 61.9 Å². The molecule has 11 nitrogen and oxygen atoms in total. The maximum absolute atomic E-state index is 13.6. The smallest absolute Gasteiger partial charge is 0.308 e. The maximum atomic E-state index is 13.6. The Morgan fingerprint density at radius 1 is 1.13 bits per heavy atom. The molecule has 1 heterocycles. The molecule has 4 rings (SSSR count). The summed E-state index contributed by atoms with van der Waals surface area (Å²) in [5, 5.41) is 15.5. The third-order valence-electron chi connectivity index (χ3n) is 7.08. The molecule has 2 aromatic carbocycles. The van der Waals surface area contributed by atoms with Gasteiger partial charge in [0.2, 0.25) is 5.91 Å². The number of hydrogen-bond acceptors (Lipinski definition) is 7. The number of carbonyl (C=O) groups excluding carboxylic acids is 2. The molecule has 1 fully saturated rings. The molecule has 0 bridgehead atoms. The molecule has 1 saturated carbocycles. The minimum atomic E-state index is -3.78. The van der Waals surface area contributed by atoms with E-state index in [1.807, 2.05) is 0 Å². The molecule has 0 aliphatic heterocycles. The molecule has 1 aromatic heterocycles. The molecule has 202 valence electrons. The molecule has 3 aromatic rings. The van der Waals surface area contributed by atoms with E-state index < -0.39 is 38.0 Å². The predicted molar refractivity (Wildman–Crippen MR) is 143 cm³/mol. The van der Waals surface area contributed by atoms with E-state index in [1.54, 1.807) is 25.1 Å². The second kappa shape index (κ2) is 10.9. The molecule has 38 heavy (non-hydrogen) atoms. The Morgan fingerprint density at radius 2 is 1.79 bits per heavy atom. The lowest BCUT2D eigenvalue weighted by atomic mass is 9.92. The lowest BCUT2D eigenvalue weighted by molar-refractivity contribution is -0.383. The lowest BCUT2D eigenvalue weighted by Crippen LogP contribution is -2.41. The van der Waals surface area contributed by atoms with Crippen LogP contribution in [0.15, 0.2) is 47.4 Å². The number of nitrogens with zero attached hydrogens (tertiary/aromatic N) is 2. The zero-order valence-corrected chi connectivity index (χ0v) is 21.9. The van der Waals surface area contributed by atoms with Gasteiger partial charge in [-0.3, -0.25) is 19.7 Å². The summed E-state index contributed by atoms with van der Waals surface area (Å²) in [5.74, 6) is -1.83. The second-order valence-electron chi connectivity index (χ2n) is 9.57. The van der Waals surface area contributed by atoms with Crippen LogP contribution in [0.1, 0.15) is 59.0 Å². The number of amides is 2. The van der Waals surface area contributed by atoms with Crippen molar-refractivity contribution in [2.24, 2.45) is 11.5 Å². The molecular weight excluding hydrogens is 510 g/mol. The number of nitro groups is 1. The maximum Gasteiger partial charge on any atom is 0.308 e. The number of aromatic nitrogens is 1. The van der Waals surface area contributed by atoms with E-state index in [-0.39, 0.29) is 45.7 Å². The molecular formula is C26H31N5O6S. The third kappa shape index (κ3) is 5.41. The molecule has 0 saturated heterocycles. The highest BCUT2D eigenvalue weighted by atomic mass is 32.2. The highest BCUT2D eigenvalue weighted by molar-refractivity contribution is 7.91. The van der Waals surface area contributed by atoms with E-state index in [0.717, 1.165) is 0 Å². The van der Waals surface area contributed by atoms with Gasteiger partial charge in [0, 0.05) is 24.2 Å². The van der Waals surface area contributed by atoms with Gasteiger partial charge in [0.1, 0.15) is 0 Å². The van der Waals surface area contributed by atoms with Crippen LogP contribution in [0.5, 0.6) is 0 Å². The molecule has 0 atom stereocenters. The summed E-state index contributed by atoms with van der Waals surface area (Å²) in [5.41, 5.74) is 11.6. The van der Waals surface area contributed by atoms with Crippen molar-refractivity contribution >= 4 is 38.2 Å². The molecule has 12 heteroatoms. The van der Waals surface area contributed by atoms with E-state index in [0.29, 0.717) is 37.7 Å². The van der Waals surface area contributed by atoms with E-state index in [4.69, 9.17) is 11.5 Å². The number of aryl methyl sites for hydroxylation is 2. The van der Waals surface area contributed by atoms with Crippen LogP contribution in [-0.2, 0) is 22.8 Å². The van der Waals surface area contributed by atoms with Gasteiger partial charge in [0.25, 0.3) is 5.91 Å². The Morgan fingerprint density at radius 3 is 2.37 bits per heavy atom. The van der Waals surface area contributed by atoms with Crippen LogP contribution in [0.25, 0.3) is 10.9 Å². The van der Waals surface area contributed by atoms with Gasteiger partial charge in [-0.2, -0.15) is 0 Å². The molecule has 1 aliphatic carbocycles. The van der Waals surface area contributed by atoms with Crippen LogP contribution in [0.2, 0.25) is 0 Å². The van der Waals surface area contributed by atoms with Crippen molar-refractivity contribution < 1.29 is 22.9 Å². The van der Waals surface area contributed by atoms with Crippen LogP contribution in [-0.4, -0.2) is 47.6 Å². The molecule has 2 amide bonds. The van der Waals surface area contributed by atoms with Crippen LogP contribution < -0.4 is 16.8 Å². The number of rotatable bonds is 9. The number of carbonyl (C=O) groups is 2. The minimum absolute atomic E-state index is 0.0477. The topological polar surface area (TPSA) is 180 Å². The van der Waals surface area contributed by atoms with Gasteiger partial charge in [-0.1, -0.05) is 25.1 Å². The van der Waals surface area contributed by atoms with Gasteiger partial charge < -0.3 is 21.4 Å². The number of nitrogens with two attached hydrogens (primary N) is 2. The van der Waals surface area contributed by atoms with Gasteiger partial charge >= 0.3 is 5.69 Å². The first-order valence-electron chi connectivity index (χ1n) is 12.5. The van der Waals surface area contributed by atoms with Crippen LogP contribution >= 0.6 is 0 Å². The third-order valence-corrected chi connectivity index (χ3v) is 8.79. The van der Waals surface area contributed by atoms with Gasteiger partial charge in [-0.15, -0.1) is 0 Å². The summed E-state index contributed by atoms with van der Waals surface area (Å²) >= 11 is 0. The van der Waals surface area contributed by atoms with Gasteiger partial charge in [0.05, 0.1) is 26.5 Å². The van der Waals surface area contributed by atoms with Crippen molar-refractivity contribution in [2.75, 3.05) is 5.75 Å². The van der Waals surface area contributed by atoms with Crippen molar-refractivity contribution in [1.29, 1.82) is 0 Å². The van der Waals surface area contributed by atoms with Crippen LogP contribution in [0.3, 0.4) is 0 Å². The zero-order chi connectivity index (χ0) is 27.6. The second-order valence-corrected chi connectivity index (χ2v) is 11.7. The Labute approximate surface area is 220 Å². The Hall–Kier alpha value is -3.77. The molecule has 1 aliphatic rings. The quantitative estimate of drug-likeness (QED) is 0.275. The molecule has 0 unspecified atom stereocenters. The summed E-state index contributed by atoms with van der Waals surface area (Å²) in [6.45, 7) is 1.52. The molecule has 0 spiro atoms. The predicted octanol–water partition coefficient (Wildman–Crippen LogP) is 2.68. The molecule has 0 radical (unpaired) electrons. The average Bonchev–Trinajstić information content (AvgIpc) is 3.23. The molecule has 5 N–H and O–H groups in total. The average molecular weight is 542 g/mol. The van der Waals surface area contributed by atoms with Crippen molar-refractivity contribution in [2.45, 2.75) is 62.6 Å². The minimum Gasteiger partial charge on any atom is -0.366 e. The van der Waals surface area contributed by atoms with E-state index in [2.05, 4.69) is 5.32 Å². The van der Waals surface area contributed by atoms with Crippen molar-refractivity contribution in [3.63, 3.8) is 0 Å². The first-order valence-corrected chi connectivity index (χ1v) is 14.2. The summed E-state index contributed by atoms with van der Waals surface area (Å²) < 4.78 is 27.5. The summed E-state index contributed by atoms with van der Waals surface area (Å²) in [6.07, 6.45) is 3.03. The number of benzene rings is 2.